The van der Waals surface area contributed by atoms with E-state index in [2.05, 4.69) is 4.72 Å². The topological polar surface area (TPSA) is 72.5 Å². The monoisotopic (exact) mass is 365 g/mol. The van der Waals surface area contributed by atoms with Gasteiger partial charge in [0.15, 0.2) is 0 Å². The van der Waals surface area contributed by atoms with Gasteiger partial charge in [0, 0.05) is 11.1 Å². The van der Waals surface area contributed by atoms with Gasteiger partial charge >= 0.3 is 5.97 Å². The minimum absolute atomic E-state index is 0.00781. The molecule has 0 amide bonds. The van der Waals surface area contributed by atoms with Gasteiger partial charge in [0.2, 0.25) is 10.0 Å². The van der Waals surface area contributed by atoms with Crippen LogP contribution in [0.1, 0.15) is 28.8 Å². The molecule has 1 fully saturated rings. The molecule has 2 aromatic rings. The maximum Gasteiger partial charge on any atom is 0.338 e. The SMILES string of the molecule is O=C(OCc1cccc(Cl)c1)c1cccc(S(=O)(=O)NC2CC2)c1. The Morgan fingerprint density at radius 2 is 1.92 bits per heavy atom. The molecule has 0 bridgehead atoms. The molecule has 24 heavy (non-hydrogen) atoms. The number of esters is 1. The van der Waals surface area contributed by atoms with E-state index >= 15 is 0 Å². The van der Waals surface area contributed by atoms with E-state index in [4.69, 9.17) is 16.3 Å². The molecular formula is C17H16ClNO4S. The molecule has 7 heteroatoms. The molecule has 0 heterocycles. The first-order valence-corrected chi connectivity index (χ1v) is 9.34. The molecule has 1 aliphatic rings. The van der Waals surface area contributed by atoms with Crippen LogP contribution in [0.15, 0.2) is 53.4 Å². The predicted octanol–water partition coefficient (Wildman–Crippen LogP) is 3.14. The van der Waals surface area contributed by atoms with Gasteiger partial charge in [0.25, 0.3) is 0 Å². The second kappa shape index (κ2) is 6.93. The number of carbonyl (C=O) groups excluding carboxylic acids is 1. The van der Waals surface area contributed by atoms with Crippen LogP contribution in [0.3, 0.4) is 0 Å². The molecule has 0 saturated heterocycles. The molecule has 0 radical (unpaired) electrons. The van der Waals surface area contributed by atoms with Crippen LogP contribution in [0, 0.1) is 0 Å². The van der Waals surface area contributed by atoms with Crippen molar-refractivity contribution in [3.05, 3.63) is 64.7 Å². The Kier molecular flexibility index (Phi) is 4.89. The Labute approximate surface area is 145 Å². The number of hydrogen-bond acceptors (Lipinski definition) is 4. The van der Waals surface area contributed by atoms with Crippen LogP contribution in [0.5, 0.6) is 0 Å². The zero-order valence-electron chi connectivity index (χ0n) is 12.7. The Morgan fingerprint density at radius 1 is 1.17 bits per heavy atom. The third-order valence-corrected chi connectivity index (χ3v) is 5.29. The number of nitrogens with one attached hydrogen (secondary N) is 1. The highest BCUT2D eigenvalue weighted by molar-refractivity contribution is 7.89. The van der Waals surface area contributed by atoms with Gasteiger partial charge in [0.05, 0.1) is 10.5 Å². The van der Waals surface area contributed by atoms with Crippen molar-refractivity contribution in [1.29, 1.82) is 0 Å². The fourth-order valence-electron chi connectivity index (χ4n) is 2.14. The van der Waals surface area contributed by atoms with Gasteiger partial charge in [-0.1, -0.05) is 29.8 Å². The highest BCUT2D eigenvalue weighted by Gasteiger charge is 2.28. The van der Waals surface area contributed by atoms with Gasteiger partial charge in [-0.3, -0.25) is 0 Å². The van der Waals surface area contributed by atoms with E-state index in [0.29, 0.717) is 5.02 Å². The number of ether oxygens (including phenoxy) is 1. The van der Waals surface area contributed by atoms with Crippen LogP contribution in [0.4, 0.5) is 0 Å². The molecule has 1 aliphatic carbocycles. The van der Waals surface area contributed by atoms with E-state index < -0.39 is 16.0 Å². The first kappa shape index (κ1) is 17.0. The largest absolute Gasteiger partial charge is 0.457 e. The molecule has 0 aromatic heterocycles. The molecule has 0 atom stereocenters. The summed E-state index contributed by atoms with van der Waals surface area (Å²) in [6, 6.07) is 12.8. The molecule has 1 saturated carbocycles. The predicted molar refractivity (Wildman–Crippen MR) is 90.4 cm³/mol. The first-order valence-electron chi connectivity index (χ1n) is 7.48. The lowest BCUT2D eigenvalue weighted by molar-refractivity contribution is 0.0472. The van der Waals surface area contributed by atoms with Crippen LogP contribution in [-0.2, 0) is 21.4 Å². The lowest BCUT2D eigenvalue weighted by Gasteiger charge is -2.08. The molecule has 5 nitrogen and oxygen atoms in total. The summed E-state index contributed by atoms with van der Waals surface area (Å²) in [7, 11) is -3.60. The van der Waals surface area contributed by atoms with Crippen molar-refractivity contribution in [3.8, 4) is 0 Å². The maximum absolute atomic E-state index is 12.2. The molecule has 2 aromatic carbocycles. The van der Waals surface area contributed by atoms with Crippen molar-refractivity contribution in [3.63, 3.8) is 0 Å². The number of carbonyl (C=O) groups is 1. The highest BCUT2D eigenvalue weighted by atomic mass is 35.5. The van der Waals surface area contributed by atoms with Crippen LogP contribution in [0.25, 0.3) is 0 Å². The van der Waals surface area contributed by atoms with E-state index in [1.807, 2.05) is 0 Å². The van der Waals surface area contributed by atoms with E-state index in [9.17, 15) is 13.2 Å². The maximum atomic E-state index is 12.2. The van der Waals surface area contributed by atoms with Crippen molar-refractivity contribution in [2.24, 2.45) is 0 Å². The van der Waals surface area contributed by atoms with Crippen LogP contribution < -0.4 is 4.72 Å². The van der Waals surface area contributed by atoms with Gasteiger partial charge in [-0.2, -0.15) is 0 Å². The molecule has 126 valence electrons. The second-order valence-corrected chi connectivity index (χ2v) is 7.78. The van der Waals surface area contributed by atoms with Gasteiger partial charge in [-0.05, 0) is 48.7 Å². The van der Waals surface area contributed by atoms with E-state index in [1.54, 1.807) is 24.3 Å². The Morgan fingerprint density at radius 3 is 2.62 bits per heavy atom. The number of halogens is 1. The number of benzene rings is 2. The van der Waals surface area contributed by atoms with Crippen molar-refractivity contribution in [2.45, 2.75) is 30.4 Å². The van der Waals surface area contributed by atoms with Crippen LogP contribution in [0.2, 0.25) is 5.02 Å². The van der Waals surface area contributed by atoms with Crippen LogP contribution >= 0.6 is 11.6 Å². The Balaban J connectivity index is 1.70. The molecular weight excluding hydrogens is 350 g/mol. The summed E-state index contributed by atoms with van der Waals surface area (Å²) >= 11 is 5.88. The van der Waals surface area contributed by atoms with E-state index in [1.165, 1.54) is 24.3 Å². The second-order valence-electron chi connectivity index (χ2n) is 5.63. The third-order valence-electron chi connectivity index (χ3n) is 3.54. The summed E-state index contributed by atoms with van der Waals surface area (Å²) in [4.78, 5) is 12.2. The van der Waals surface area contributed by atoms with Crippen molar-refractivity contribution in [2.75, 3.05) is 0 Å². The summed E-state index contributed by atoms with van der Waals surface area (Å²) in [6.07, 6.45) is 1.70. The fourth-order valence-corrected chi connectivity index (χ4v) is 3.70. The first-order chi connectivity index (χ1) is 11.4. The fraction of sp³-hybridized carbons (Fsp3) is 0.235. The Hall–Kier alpha value is -1.89. The lowest BCUT2D eigenvalue weighted by atomic mass is 10.2. The minimum atomic E-state index is -3.60. The van der Waals surface area contributed by atoms with Crippen molar-refractivity contribution in [1.82, 2.24) is 4.72 Å². The highest BCUT2D eigenvalue weighted by Crippen LogP contribution is 2.22. The van der Waals surface area contributed by atoms with E-state index in [-0.39, 0.29) is 23.1 Å². The molecule has 0 spiro atoms. The van der Waals surface area contributed by atoms with Gasteiger partial charge in [-0.25, -0.2) is 17.9 Å². The normalized spacial score (nSPS) is 14.4. The summed E-state index contributed by atoms with van der Waals surface area (Å²) in [5.41, 5.74) is 0.950. The summed E-state index contributed by atoms with van der Waals surface area (Å²) in [6.45, 7) is 0.0662. The van der Waals surface area contributed by atoms with Gasteiger partial charge in [0.1, 0.15) is 6.61 Å². The zero-order chi connectivity index (χ0) is 17.2. The van der Waals surface area contributed by atoms with Crippen LogP contribution in [-0.4, -0.2) is 20.4 Å². The number of hydrogen-bond donors (Lipinski definition) is 1. The number of rotatable bonds is 6. The molecule has 1 N–H and O–H groups in total. The lowest BCUT2D eigenvalue weighted by Crippen LogP contribution is -2.25. The smallest absolute Gasteiger partial charge is 0.338 e. The zero-order valence-corrected chi connectivity index (χ0v) is 14.3. The van der Waals surface area contributed by atoms with Crippen molar-refractivity contribution < 1.29 is 17.9 Å². The quantitative estimate of drug-likeness (QED) is 0.798. The van der Waals surface area contributed by atoms with Crippen molar-refractivity contribution >= 4 is 27.6 Å². The summed E-state index contributed by atoms with van der Waals surface area (Å²) in [5.74, 6) is -0.585. The summed E-state index contributed by atoms with van der Waals surface area (Å²) in [5, 5.41) is 0.558. The summed E-state index contributed by atoms with van der Waals surface area (Å²) < 4.78 is 32.2. The van der Waals surface area contributed by atoms with E-state index in [0.717, 1.165) is 18.4 Å². The standard InChI is InChI=1S/C17H16ClNO4S/c18-14-5-1-3-12(9-14)11-23-17(20)13-4-2-6-16(10-13)24(21,22)19-15-7-8-15/h1-6,9-10,15,19H,7-8,11H2. The minimum Gasteiger partial charge on any atom is -0.457 e. The Bertz CT molecular complexity index is 862. The van der Waals surface area contributed by atoms with Gasteiger partial charge in [-0.15, -0.1) is 0 Å². The average molecular weight is 366 g/mol. The molecule has 3 rings (SSSR count). The average Bonchev–Trinajstić information content (AvgIpc) is 3.36. The van der Waals surface area contributed by atoms with Gasteiger partial charge < -0.3 is 4.74 Å². The third kappa shape index (κ3) is 4.35. The number of sulfonamides is 1. The molecule has 0 unspecified atom stereocenters. The molecule has 0 aliphatic heterocycles.